The summed E-state index contributed by atoms with van der Waals surface area (Å²) in [5.74, 6) is -0.977. The Labute approximate surface area is 88.6 Å². The van der Waals surface area contributed by atoms with Gasteiger partial charge in [-0.25, -0.2) is 0 Å². The summed E-state index contributed by atoms with van der Waals surface area (Å²) >= 11 is 0. The zero-order valence-corrected chi connectivity index (χ0v) is 9.00. The molecule has 1 unspecified atom stereocenters. The second-order valence-electron chi connectivity index (χ2n) is 3.29. The average molecular weight is 215 g/mol. The van der Waals surface area contributed by atoms with Crippen LogP contribution in [-0.2, 0) is 14.4 Å². The summed E-state index contributed by atoms with van der Waals surface area (Å²) in [5.41, 5.74) is 5.08. The van der Waals surface area contributed by atoms with Crippen molar-refractivity contribution >= 4 is 17.6 Å². The van der Waals surface area contributed by atoms with Gasteiger partial charge in [0.05, 0.1) is 6.54 Å². The molecule has 6 heteroatoms. The first-order chi connectivity index (χ1) is 6.97. The number of rotatable bonds is 7. The molecule has 0 aliphatic rings. The summed E-state index contributed by atoms with van der Waals surface area (Å²) in [6.45, 7) is 1.54. The van der Waals surface area contributed by atoms with Crippen molar-refractivity contribution < 1.29 is 14.4 Å². The molecule has 0 spiro atoms. The number of amides is 2. The first-order valence-electron chi connectivity index (χ1n) is 4.70. The van der Waals surface area contributed by atoms with E-state index in [-0.39, 0.29) is 31.1 Å². The molecular formula is C9H17N3O3. The lowest BCUT2D eigenvalue weighted by Gasteiger charge is -2.14. The molecule has 0 aromatic rings. The fourth-order valence-corrected chi connectivity index (χ4v) is 1.04. The Morgan fingerprint density at radius 3 is 2.33 bits per heavy atom. The van der Waals surface area contributed by atoms with Crippen LogP contribution in [0.3, 0.4) is 0 Å². The highest BCUT2D eigenvalue weighted by molar-refractivity contribution is 5.87. The zero-order valence-electron chi connectivity index (χ0n) is 9.00. The van der Waals surface area contributed by atoms with Gasteiger partial charge in [0.2, 0.25) is 11.8 Å². The van der Waals surface area contributed by atoms with Gasteiger partial charge in [0.25, 0.3) is 0 Å². The summed E-state index contributed by atoms with van der Waals surface area (Å²) in [7, 11) is 1.62. The summed E-state index contributed by atoms with van der Waals surface area (Å²) in [6.07, 6.45) is 0.480. The smallest absolute Gasteiger partial charge is 0.240 e. The van der Waals surface area contributed by atoms with Crippen LogP contribution < -0.4 is 16.4 Å². The van der Waals surface area contributed by atoms with Gasteiger partial charge < -0.3 is 21.2 Å². The number of Topliss-reactive ketones (excluding diaryl/α,β-unsaturated/α-hetero) is 1. The molecule has 1 atom stereocenters. The van der Waals surface area contributed by atoms with Crippen LogP contribution in [-0.4, -0.2) is 37.2 Å². The van der Waals surface area contributed by atoms with E-state index < -0.39 is 11.9 Å². The van der Waals surface area contributed by atoms with Crippen LogP contribution in [0.1, 0.15) is 19.8 Å². The SMILES string of the molecule is CNCC(=O)NC(CCC(C)=O)C(N)=O. The van der Waals surface area contributed by atoms with Crippen LogP contribution in [0, 0.1) is 0 Å². The largest absolute Gasteiger partial charge is 0.368 e. The molecule has 15 heavy (non-hydrogen) atoms. The van der Waals surface area contributed by atoms with E-state index in [0.717, 1.165) is 0 Å². The number of carbonyl (C=O) groups is 3. The van der Waals surface area contributed by atoms with E-state index in [1.54, 1.807) is 7.05 Å². The third-order valence-corrected chi connectivity index (χ3v) is 1.80. The molecular weight excluding hydrogens is 198 g/mol. The van der Waals surface area contributed by atoms with Crippen molar-refractivity contribution in [3.63, 3.8) is 0 Å². The van der Waals surface area contributed by atoms with Gasteiger partial charge in [0.1, 0.15) is 11.8 Å². The van der Waals surface area contributed by atoms with Gasteiger partial charge in [-0.2, -0.15) is 0 Å². The predicted octanol–water partition coefficient (Wildman–Crippen LogP) is -1.45. The van der Waals surface area contributed by atoms with E-state index in [4.69, 9.17) is 5.73 Å². The third-order valence-electron chi connectivity index (χ3n) is 1.80. The molecule has 0 fully saturated rings. The van der Waals surface area contributed by atoms with Crippen molar-refractivity contribution in [2.24, 2.45) is 5.73 Å². The molecule has 86 valence electrons. The summed E-state index contributed by atoms with van der Waals surface area (Å²) in [5, 5.41) is 5.09. The second-order valence-corrected chi connectivity index (χ2v) is 3.29. The van der Waals surface area contributed by atoms with Gasteiger partial charge in [-0.15, -0.1) is 0 Å². The Balaban J connectivity index is 4.10. The lowest BCUT2D eigenvalue weighted by molar-refractivity contribution is -0.127. The molecule has 0 rings (SSSR count). The number of ketones is 1. The normalized spacial score (nSPS) is 11.9. The minimum atomic E-state index is -0.769. The van der Waals surface area contributed by atoms with Gasteiger partial charge in [0, 0.05) is 6.42 Å². The molecule has 4 N–H and O–H groups in total. The van der Waals surface area contributed by atoms with E-state index in [9.17, 15) is 14.4 Å². The van der Waals surface area contributed by atoms with Crippen molar-refractivity contribution in [3.05, 3.63) is 0 Å². The second kappa shape index (κ2) is 6.94. The molecule has 6 nitrogen and oxygen atoms in total. The Hall–Kier alpha value is -1.43. The highest BCUT2D eigenvalue weighted by atomic mass is 16.2. The number of carbonyl (C=O) groups excluding carboxylic acids is 3. The molecule has 0 aromatic heterocycles. The number of nitrogens with one attached hydrogen (secondary N) is 2. The predicted molar refractivity (Wildman–Crippen MR) is 55.0 cm³/mol. The first kappa shape index (κ1) is 13.6. The molecule has 0 aliphatic carbocycles. The highest BCUT2D eigenvalue weighted by Gasteiger charge is 2.17. The molecule has 0 saturated heterocycles. The van der Waals surface area contributed by atoms with E-state index in [0.29, 0.717) is 0 Å². The molecule has 2 amide bonds. The van der Waals surface area contributed by atoms with Gasteiger partial charge in [-0.3, -0.25) is 9.59 Å². The van der Waals surface area contributed by atoms with E-state index in [1.807, 2.05) is 0 Å². The number of nitrogens with two attached hydrogens (primary N) is 1. The van der Waals surface area contributed by atoms with Gasteiger partial charge in [-0.05, 0) is 20.4 Å². The minimum Gasteiger partial charge on any atom is -0.368 e. The first-order valence-corrected chi connectivity index (χ1v) is 4.70. The Kier molecular flexibility index (Phi) is 6.28. The maximum absolute atomic E-state index is 11.1. The topological polar surface area (TPSA) is 101 Å². The average Bonchev–Trinajstić information content (AvgIpc) is 2.11. The fraction of sp³-hybridized carbons (Fsp3) is 0.667. The number of likely N-dealkylation sites (N-methyl/N-ethyl adjacent to an activating group) is 1. The Morgan fingerprint density at radius 2 is 1.93 bits per heavy atom. The van der Waals surface area contributed by atoms with Gasteiger partial charge >= 0.3 is 0 Å². The van der Waals surface area contributed by atoms with Gasteiger partial charge in [0.15, 0.2) is 0 Å². The van der Waals surface area contributed by atoms with Crippen LogP contribution in [0.2, 0.25) is 0 Å². The summed E-state index contributed by atoms with van der Waals surface area (Å²) in [4.78, 5) is 32.8. The maximum atomic E-state index is 11.1. The maximum Gasteiger partial charge on any atom is 0.240 e. The van der Waals surface area contributed by atoms with Crippen LogP contribution in [0.25, 0.3) is 0 Å². The minimum absolute atomic E-state index is 0.0379. The lowest BCUT2D eigenvalue weighted by Crippen LogP contribution is -2.47. The number of hydrogen-bond donors (Lipinski definition) is 3. The van der Waals surface area contributed by atoms with E-state index in [1.165, 1.54) is 6.92 Å². The monoisotopic (exact) mass is 215 g/mol. The number of primary amides is 1. The van der Waals surface area contributed by atoms with Crippen LogP contribution in [0.15, 0.2) is 0 Å². The molecule has 0 bridgehead atoms. The third kappa shape index (κ3) is 6.62. The molecule has 0 aromatic carbocycles. The van der Waals surface area contributed by atoms with Crippen LogP contribution >= 0.6 is 0 Å². The van der Waals surface area contributed by atoms with E-state index in [2.05, 4.69) is 10.6 Å². The van der Waals surface area contributed by atoms with Crippen molar-refractivity contribution in [3.8, 4) is 0 Å². The lowest BCUT2D eigenvalue weighted by atomic mass is 10.1. The van der Waals surface area contributed by atoms with Crippen molar-refractivity contribution in [1.29, 1.82) is 0 Å². The van der Waals surface area contributed by atoms with Crippen molar-refractivity contribution in [2.45, 2.75) is 25.8 Å². The van der Waals surface area contributed by atoms with Crippen molar-refractivity contribution in [1.82, 2.24) is 10.6 Å². The molecule has 0 heterocycles. The summed E-state index contributed by atoms with van der Waals surface area (Å²) in [6, 6.07) is -0.769. The highest BCUT2D eigenvalue weighted by Crippen LogP contribution is 1.97. The molecule has 0 aliphatic heterocycles. The number of hydrogen-bond acceptors (Lipinski definition) is 4. The quantitative estimate of drug-likeness (QED) is 0.483. The van der Waals surface area contributed by atoms with Gasteiger partial charge in [-0.1, -0.05) is 0 Å². The van der Waals surface area contributed by atoms with Crippen LogP contribution in [0.5, 0.6) is 0 Å². The summed E-state index contributed by atoms with van der Waals surface area (Å²) < 4.78 is 0. The van der Waals surface area contributed by atoms with Crippen LogP contribution in [0.4, 0.5) is 0 Å². The Bertz CT molecular complexity index is 253. The zero-order chi connectivity index (χ0) is 11.8. The Morgan fingerprint density at radius 1 is 1.33 bits per heavy atom. The standard InChI is InChI=1S/C9H17N3O3/c1-6(13)3-4-7(9(10)15)12-8(14)5-11-2/h7,11H,3-5H2,1-2H3,(H2,10,15)(H,12,14). The molecule has 0 radical (unpaired) electrons. The fourth-order valence-electron chi connectivity index (χ4n) is 1.04. The van der Waals surface area contributed by atoms with E-state index >= 15 is 0 Å². The molecule has 0 saturated carbocycles. The van der Waals surface area contributed by atoms with Crippen molar-refractivity contribution in [2.75, 3.05) is 13.6 Å².